The van der Waals surface area contributed by atoms with Crippen molar-refractivity contribution in [1.29, 1.82) is 0 Å². The molecule has 6 nitrogen and oxygen atoms in total. The number of anilines is 2. The molecule has 0 bridgehead atoms. The Morgan fingerprint density at radius 2 is 1.95 bits per heavy atom. The van der Waals surface area contributed by atoms with Gasteiger partial charge in [0, 0.05) is 24.6 Å². The number of hydrogen-bond acceptors (Lipinski definition) is 4. The molecule has 6 heteroatoms. The molecule has 0 aliphatic rings. The van der Waals surface area contributed by atoms with E-state index in [1.165, 1.54) is 11.1 Å². The predicted octanol–water partition coefficient (Wildman–Crippen LogP) is 1.93. The third-order valence-electron chi connectivity index (χ3n) is 2.76. The third kappa shape index (κ3) is 5.10. The van der Waals surface area contributed by atoms with Crippen LogP contribution in [0.5, 0.6) is 0 Å². The molecule has 2 aromatic rings. The maximum Gasteiger partial charge on any atom is 0.193 e. The highest BCUT2D eigenvalue weighted by Crippen LogP contribution is 2.13. The molecule has 0 unspecified atom stereocenters. The zero-order valence-electron chi connectivity index (χ0n) is 12.3. The van der Waals surface area contributed by atoms with Gasteiger partial charge in [-0.25, -0.2) is 4.98 Å². The summed E-state index contributed by atoms with van der Waals surface area (Å²) in [6, 6.07) is 6.18. The average Bonchev–Trinajstić information content (AvgIpc) is 2.43. The highest BCUT2D eigenvalue weighted by molar-refractivity contribution is 5.92. The minimum absolute atomic E-state index is 0.404. The molecule has 0 atom stereocenters. The van der Waals surface area contributed by atoms with E-state index in [0.29, 0.717) is 19.0 Å². The van der Waals surface area contributed by atoms with Crippen molar-refractivity contribution in [2.45, 2.75) is 13.8 Å². The molecule has 0 radical (unpaired) electrons. The summed E-state index contributed by atoms with van der Waals surface area (Å²) in [4.78, 5) is 12.4. The fourth-order valence-corrected chi connectivity index (χ4v) is 1.98. The SMILES string of the molecule is Cc1cc(C)cc(NC(N)=NCCNc2cnccn2)c1. The normalized spacial score (nSPS) is 11.2. The second-order valence-corrected chi connectivity index (χ2v) is 4.79. The van der Waals surface area contributed by atoms with Gasteiger partial charge in [0.25, 0.3) is 0 Å². The number of benzene rings is 1. The summed E-state index contributed by atoms with van der Waals surface area (Å²) < 4.78 is 0. The average molecular weight is 284 g/mol. The van der Waals surface area contributed by atoms with Crippen molar-refractivity contribution in [3.8, 4) is 0 Å². The van der Waals surface area contributed by atoms with Crippen LogP contribution in [0.15, 0.2) is 41.8 Å². The van der Waals surface area contributed by atoms with Crippen LogP contribution in [0.4, 0.5) is 11.5 Å². The lowest BCUT2D eigenvalue weighted by Gasteiger charge is -2.08. The van der Waals surface area contributed by atoms with Crippen LogP contribution in [-0.4, -0.2) is 29.0 Å². The van der Waals surface area contributed by atoms with Gasteiger partial charge in [-0.2, -0.15) is 0 Å². The number of rotatable bonds is 5. The van der Waals surface area contributed by atoms with Gasteiger partial charge in [-0.05, 0) is 37.1 Å². The minimum atomic E-state index is 0.404. The summed E-state index contributed by atoms with van der Waals surface area (Å²) in [6.07, 6.45) is 4.94. The van der Waals surface area contributed by atoms with Crippen LogP contribution in [-0.2, 0) is 0 Å². The number of nitrogens with zero attached hydrogens (tertiary/aromatic N) is 3. The standard InChI is InChI=1S/C15H20N6/c1-11-7-12(2)9-13(8-11)21-15(16)20-6-5-19-14-10-17-3-4-18-14/h3-4,7-10H,5-6H2,1-2H3,(H,18,19)(H3,16,20,21). The fraction of sp³-hybridized carbons (Fsp3) is 0.267. The van der Waals surface area contributed by atoms with Crippen LogP contribution in [0.1, 0.15) is 11.1 Å². The van der Waals surface area contributed by atoms with E-state index in [4.69, 9.17) is 5.73 Å². The molecule has 0 saturated carbocycles. The summed E-state index contributed by atoms with van der Waals surface area (Å²) in [5.74, 6) is 1.13. The Morgan fingerprint density at radius 3 is 2.62 bits per heavy atom. The minimum Gasteiger partial charge on any atom is -0.370 e. The molecular formula is C15H20N6. The van der Waals surface area contributed by atoms with Crippen LogP contribution in [0.3, 0.4) is 0 Å². The van der Waals surface area contributed by atoms with E-state index in [-0.39, 0.29) is 0 Å². The van der Waals surface area contributed by atoms with Crippen molar-refractivity contribution in [3.05, 3.63) is 47.9 Å². The first-order valence-electron chi connectivity index (χ1n) is 6.78. The fourth-order valence-electron chi connectivity index (χ4n) is 1.98. The van der Waals surface area contributed by atoms with Crippen LogP contribution in [0, 0.1) is 13.8 Å². The molecular weight excluding hydrogens is 264 g/mol. The largest absolute Gasteiger partial charge is 0.370 e. The van der Waals surface area contributed by atoms with E-state index in [1.54, 1.807) is 18.6 Å². The van der Waals surface area contributed by atoms with Gasteiger partial charge in [0.1, 0.15) is 5.82 Å². The second kappa shape index (κ2) is 7.23. The lowest BCUT2D eigenvalue weighted by atomic mass is 10.1. The van der Waals surface area contributed by atoms with Crippen LogP contribution in [0.25, 0.3) is 0 Å². The van der Waals surface area contributed by atoms with Gasteiger partial charge < -0.3 is 16.4 Å². The smallest absolute Gasteiger partial charge is 0.193 e. The zero-order chi connectivity index (χ0) is 15.1. The zero-order valence-corrected chi connectivity index (χ0v) is 12.3. The molecule has 1 aromatic heterocycles. The van der Waals surface area contributed by atoms with Gasteiger partial charge >= 0.3 is 0 Å². The summed E-state index contributed by atoms with van der Waals surface area (Å²) in [5.41, 5.74) is 9.20. The number of aryl methyl sites for hydroxylation is 2. The second-order valence-electron chi connectivity index (χ2n) is 4.79. The topological polar surface area (TPSA) is 88.2 Å². The van der Waals surface area contributed by atoms with E-state index in [9.17, 15) is 0 Å². The highest BCUT2D eigenvalue weighted by Gasteiger charge is 1.97. The quantitative estimate of drug-likeness (QED) is 0.443. The summed E-state index contributed by atoms with van der Waals surface area (Å²) in [7, 11) is 0. The molecule has 0 fully saturated rings. The summed E-state index contributed by atoms with van der Waals surface area (Å²) in [6.45, 7) is 5.31. The lowest BCUT2D eigenvalue weighted by molar-refractivity contribution is 1.000. The van der Waals surface area contributed by atoms with Crippen molar-refractivity contribution in [2.75, 3.05) is 23.7 Å². The number of nitrogens with two attached hydrogens (primary N) is 1. The molecule has 0 saturated heterocycles. The Hall–Kier alpha value is -2.63. The van der Waals surface area contributed by atoms with Gasteiger partial charge in [0.15, 0.2) is 5.96 Å². The lowest BCUT2D eigenvalue weighted by Crippen LogP contribution is -2.24. The molecule has 0 spiro atoms. The number of hydrogen-bond donors (Lipinski definition) is 3. The van der Waals surface area contributed by atoms with Crippen molar-refractivity contribution < 1.29 is 0 Å². The van der Waals surface area contributed by atoms with Crippen molar-refractivity contribution >= 4 is 17.5 Å². The van der Waals surface area contributed by atoms with Crippen LogP contribution < -0.4 is 16.4 Å². The van der Waals surface area contributed by atoms with Gasteiger partial charge in [0.05, 0.1) is 12.7 Å². The Bertz CT molecular complexity index is 589. The summed E-state index contributed by atoms with van der Waals surface area (Å²) in [5, 5.41) is 6.21. The molecule has 0 aliphatic heterocycles. The molecule has 2 rings (SSSR count). The number of aliphatic imine (C=N–C) groups is 1. The van der Waals surface area contributed by atoms with Gasteiger partial charge in [0.2, 0.25) is 0 Å². The maximum atomic E-state index is 5.87. The van der Waals surface area contributed by atoms with E-state index in [1.807, 2.05) is 12.1 Å². The Balaban J connectivity index is 1.81. The summed E-state index contributed by atoms with van der Waals surface area (Å²) >= 11 is 0. The van der Waals surface area contributed by atoms with Crippen LogP contribution in [0.2, 0.25) is 0 Å². The molecule has 110 valence electrons. The van der Waals surface area contributed by atoms with E-state index < -0.39 is 0 Å². The molecule has 21 heavy (non-hydrogen) atoms. The van der Waals surface area contributed by atoms with E-state index in [2.05, 4.69) is 45.5 Å². The Kier molecular flexibility index (Phi) is 5.09. The Labute approximate surface area is 124 Å². The first-order valence-corrected chi connectivity index (χ1v) is 6.78. The molecule has 1 aromatic carbocycles. The Morgan fingerprint density at radius 1 is 1.19 bits per heavy atom. The van der Waals surface area contributed by atoms with E-state index in [0.717, 1.165) is 11.5 Å². The maximum absolute atomic E-state index is 5.87. The highest BCUT2D eigenvalue weighted by atomic mass is 15.1. The van der Waals surface area contributed by atoms with Crippen molar-refractivity contribution in [2.24, 2.45) is 10.7 Å². The predicted molar refractivity (Wildman–Crippen MR) is 86.5 cm³/mol. The number of aromatic nitrogens is 2. The van der Waals surface area contributed by atoms with Gasteiger partial charge in [-0.3, -0.25) is 9.98 Å². The first-order chi connectivity index (χ1) is 10.1. The molecule has 0 amide bonds. The van der Waals surface area contributed by atoms with Gasteiger partial charge in [-0.1, -0.05) is 6.07 Å². The first kappa shape index (κ1) is 14.8. The van der Waals surface area contributed by atoms with Crippen molar-refractivity contribution in [1.82, 2.24) is 9.97 Å². The molecule has 1 heterocycles. The third-order valence-corrected chi connectivity index (χ3v) is 2.76. The van der Waals surface area contributed by atoms with E-state index >= 15 is 0 Å². The number of guanidine groups is 1. The number of nitrogens with one attached hydrogen (secondary N) is 2. The molecule has 4 N–H and O–H groups in total. The monoisotopic (exact) mass is 284 g/mol. The van der Waals surface area contributed by atoms with Gasteiger partial charge in [-0.15, -0.1) is 0 Å². The van der Waals surface area contributed by atoms with Crippen molar-refractivity contribution in [3.63, 3.8) is 0 Å². The van der Waals surface area contributed by atoms with Crippen LogP contribution >= 0.6 is 0 Å². The molecule has 0 aliphatic carbocycles.